The number of hydrogen-bond donors (Lipinski definition) is 1. The van der Waals surface area contributed by atoms with Crippen molar-refractivity contribution in [2.24, 2.45) is 5.92 Å². The van der Waals surface area contributed by atoms with E-state index in [1.165, 1.54) is 0 Å². The molecule has 92 valence electrons. The van der Waals surface area contributed by atoms with Crippen molar-refractivity contribution in [3.8, 4) is 0 Å². The number of ether oxygens (including phenoxy) is 1. The van der Waals surface area contributed by atoms with E-state index in [9.17, 15) is 10.0 Å². The first kappa shape index (κ1) is 12.1. The highest BCUT2D eigenvalue weighted by atomic mass is 16.5. The highest BCUT2D eigenvalue weighted by Gasteiger charge is 2.25. The molecule has 1 fully saturated rings. The Hall–Kier alpha value is -1.39. The first-order chi connectivity index (χ1) is 8.27. The summed E-state index contributed by atoms with van der Waals surface area (Å²) in [5.74, 6) is -0.297. The molecule has 0 atom stereocenters. The van der Waals surface area contributed by atoms with E-state index in [1.807, 2.05) is 30.3 Å². The van der Waals surface area contributed by atoms with Crippen LogP contribution in [0, 0.1) is 5.92 Å². The van der Waals surface area contributed by atoms with Gasteiger partial charge in [-0.3, -0.25) is 10.0 Å². The summed E-state index contributed by atoms with van der Waals surface area (Å²) < 4.78 is 5.20. The lowest BCUT2D eigenvalue weighted by atomic mass is 9.99. The number of rotatable bonds is 3. The molecule has 0 saturated carbocycles. The van der Waals surface area contributed by atoms with Gasteiger partial charge in [-0.2, -0.15) is 0 Å². The van der Waals surface area contributed by atoms with E-state index in [2.05, 4.69) is 0 Å². The van der Waals surface area contributed by atoms with Crippen LogP contribution in [-0.2, 0) is 16.1 Å². The number of hydroxylamine groups is 2. The Labute approximate surface area is 101 Å². The Morgan fingerprint density at radius 2 is 1.94 bits per heavy atom. The molecule has 4 heteroatoms. The van der Waals surface area contributed by atoms with Crippen molar-refractivity contribution in [3.05, 3.63) is 35.9 Å². The monoisotopic (exact) mass is 235 g/mol. The summed E-state index contributed by atoms with van der Waals surface area (Å²) in [5.41, 5.74) is 0.926. The minimum Gasteiger partial charge on any atom is -0.381 e. The molecular formula is C13H17NO3. The average Bonchev–Trinajstić information content (AvgIpc) is 2.40. The molecule has 0 bridgehead atoms. The van der Waals surface area contributed by atoms with E-state index >= 15 is 0 Å². The van der Waals surface area contributed by atoms with Crippen molar-refractivity contribution in [2.45, 2.75) is 19.4 Å². The second kappa shape index (κ2) is 5.80. The van der Waals surface area contributed by atoms with Gasteiger partial charge in [-0.1, -0.05) is 30.3 Å². The normalized spacial score (nSPS) is 16.8. The number of nitrogens with zero attached hydrogens (tertiary/aromatic N) is 1. The zero-order valence-corrected chi connectivity index (χ0v) is 9.71. The molecule has 0 aliphatic carbocycles. The number of carbonyl (C=O) groups excluding carboxylic acids is 1. The molecule has 1 N–H and O–H groups in total. The van der Waals surface area contributed by atoms with Crippen molar-refractivity contribution >= 4 is 5.91 Å². The Morgan fingerprint density at radius 1 is 1.29 bits per heavy atom. The molecule has 17 heavy (non-hydrogen) atoms. The van der Waals surface area contributed by atoms with Gasteiger partial charge in [-0.15, -0.1) is 0 Å². The molecule has 2 rings (SSSR count). The van der Waals surface area contributed by atoms with Crippen molar-refractivity contribution in [1.82, 2.24) is 5.06 Å². The molecular weight excluding hydrogens is 218 g/mol. The van der Waals surface area contributed by atoms with Crippen molar-refractivity contribution in [1.29, 1.82) is 0 Å². The maximum Gasteiger partial charge on any atom is 0.249 e. The zero-order chi connectivity index (χ0) is 12.1. The van der Waals surface area contributed by atoms with E-state index in [0.717, 1.165) is 10.6 Å². The Kier molecular flexibility index (Phi) is 4.12. The zero-order valence-electron chi connectivity index (χ0n) is 9.71. The summed E-state index contributed by atoms with van der Waals surface area (Å²) in [5, 5.41) is 10.6. The largest absolute Gasteiger partial charge is 0.381 e. The summed E-state index contributed by atoms with van der Waals surface area (Å²) in [4.78, 5) is 11.9. The summed E-state index contributed by atoms with van der Waals surface area (Å²) in [6.45, 7) is 1.46. The number of benzene rings is 1. The number of amides is 1. The third kappa shape index (κ3) is 3.28. The molecule has 1 aromatic rings. The lowest BCUT2D eigenvalue weighted by molar-refractivity contribution is -0.175. The Balaban J connectivity index is 1.90. The van der Waals surface area contributed by atoms with Gasteiger partial charge in [-0.25, -0.2) is 5.06 Å². The first-order valence-electron chi connectivity index (χ1n) is 5.89. The summed E-state index contributed by atoms with van der Waals surface area (Å²) in [6.07, 6.45) is 1.40. The summed E-state index contributed by atoms with van der Waals surface area (Å²) in [6, 6.07) is 9.47. The molecule has 1 saturated heterocycles. The quantitative estimate of drug-likeness (QED) is 0.642. The molecule has 0 unspecified atom stereocenters. The maximum absolute atomic E-state index is 11.9. The van der Waals surface area contributed by atoms with Gasteiger partial charge in [-0.05, 0) is 18.4 Å². The van der Waals surface area contributed by atoms with E-state index in [0.29, 0.717) is 26.1 Å². The standard InChI is InChI=1S/C13H17NO3/c15-13(12-6-8-17-9-7-12)14(16)10-11-4-2-1-3-5-11/h1-5,12,16H,6-10H2. The maximum atomic E-state index is 11.9. The second-order valence-corrected chi connectivity index (χ2v) is 4.27. The van der Waals surface area contributed by atoms with Crippen LogP contribution in [0.1, 0.15) is 18.4 Å². The van der Waals surface area contributed by atoms with Gasteiger partial charge in [0.25, 0.3) is 0 Å². The van der Waals surface area contributed by atoms with E-state index in [1.54, 1.807) is 0 Å². The third-order valence-electron chi connectivity index (χ3n) is 3.00. The fourth-order valence-electron chi connectivity index (χ4n) is 1.99. The van der Waals surface area contributed by atoms with Gasteiger partial charge >= 0.3 is 0 Å². The van der Waals surface area contributed by atoms with Crippen LogP contribution >= 0.6 is 0 Å². The molecule has 0 radical (unpaired) electrons. The molecule has 1 heterocycles. The second-order valence-electron chi connectivity index (χ2n) is 4.27. The Morgan fingerprint density at radius 3 is 2.59 bits per heavy atom. The lowest BCUT2D eigenvalue weighted by Gasteiger charge is -2.25. The Bertz CT molecular complexity index is 360. The first-order valence-corrected chi connectivity index (χ1v) is 5.89. The van der Waals surface area contributed by atoms with Gasteiger partial charge in [0.15, 0.2) is 0 Å². The SMILES string of the molecule is O=C(C1CCOCC1)N(O)Cc1ccccc1. The van der Waals surface area contributed by atoms with E-state index in [-0.39, 0.29) is 18.4 Å². The number of hydrogen-bond acceptors (Lipinski definition) is 3. The highest BCUT2D eigenvalue weighted by molar-refractivity contribution is 5.77. The molecule has 4 nitrogen and oxygen atoms in total. The average molecular weight is 235 g/mol. The third-order valence-corrected chi connectivity index (χ3v) is 3.00. The topological polar surface area (TPSA) is 49.8 Å². The summed E-state index contributed by atoms with van der Waals surface area (Å²) >= 11 is 0. The van der Waals surface area contributed by atoms with Crippen LogP contribution in [0.15, 0.2) is 30.3 Å². The van der Waals surface area contributed by atoms with Gasteiger partial charge < -0.3 is 4.74 Å². The van der Waals surface area contributed by atoms with Crippen LogP contribution in [0.3, 0.4) is 0 Å². The van der Waals surface area contributed by atoms with Crippen LogP contribution in [0.4, 0.5) is 0 Å². The molecule has 0 spiro atoms. The van der Waals surface area contributed by atoms with Crippen molar-refractivity contribution in [2.75, 3.05) is 13.2 Å². The molecule has 1 amide bonds. The fraction of sp³-hybridized carbons (Fsp3) is 0.462. The van der Waals surface area contributed by atoms with Gasteiger partial charge in [0, 0.05) is 19.1 Å². The number of carbonyl (C=O) groups is 1. The van der Waals surface area contributed by atoms with E-state index in [4.69, 9.17) is 4.74 Å². The molecule has 1 aliphatic rings. The van der Waals surface area contributed by atoms with Gasteiger partial charge in [0.05, 0.1) is 6.54 Å². The van der Waals surface area contributed by atoms with Crippen molar-refractivity contribution < 1.29 is 14.7 Å². The van der Waals surface area contributed by atoms with Crippen LogP contribution in [0.2, 0.25) is 0 Å². The lowest BCUT2D eigenvalue weighted by Crippen LogP contribution is -2.35. The highest BCUT2D eigenvalue weighted by Crippen LogP contribution is 2.17. The minimum absolute atomic E-state index is 0.0996. The molecule has 1 aromatic carbocycles. The molecule has 1 aliphatic heterocycles. The predicted octanol–water partition coefficient (Wildman–Crippen LogP) is 1.83. The van der Waals surface area contributed by atoms with Gasteiger partial charge in [0.1, 0.15) is 0 Å². The minimum atomic E-state index is -0.197. The predicted molar refractivity (Wildman–Crippen MR) is 62.3 cm³/mol. The van der Waals surface area contributed by atoms with E-state index < -0.39 is 0 Å². The van der Waals surface area contributed by atoms with Crippen LogP contribution in [0.25, 0.3) is 0 Å². The smallest absolute Gasteiger partial charge is 0.249 e. The van der Waals surface area contributed by atoms with Gasteiger partial charge in [0.2, 0.25) is 5.91 Å². The fourth-order valence-corrected chi connectivity index (χ4v) is 1.99. The van der Waals surface area contributed by atoms with Crippen LogP contribution in [-0.4, -0.2) is 29.4 Å². The molecule has 0 aromatic heterocycles. The van der Waals surface area contributed by atoms with Crippen LogP contribution < -0.4 is 0 Å². The van der Waals surface area contributed by atoms with Crippen molar-refractivity contribution in [3.63, 3.8) is 0 Å². The van der Waals surface area contributed by atoms with Crippen LogP contribution in [0.5, 0.6) is 0 Å². The summed E-state index contributed by atoms with van der Waals surface area (Å²) in [7, 11) is 0.